The first-order chi connectivity index (χ1) is 13.4. The van der Waals surface area contributed by atoms with Gasteiger partial charge < -0.3 is 19.5 Å². The second-order valence-corrected chi connectivity index (χ2v) is 5.77. The van der Waals surface area contributed by atoms with Crippen molar-refractivity contribution < 1.29 is 28.7 Å². The molecule has 0 radical (unpaired) electrons. The number of amides is 1. The highest BCUT2D eigenvalue weighted by molar-refractivity contribution is 5.81. The van der Waals surface area contributed by atoms with Crippen molar-refractivity contribution in [3.63, 3.8) is 0 Å². The fourth-order valence-corrected chi connectivity index (χ4v) is 2.42. The first-order valence-electron chi connectivity index (χ1n) is 8.28. The number of methoxy groups -OCH3 is 2. The predicted molar refractivity (Wildman–Crippen MR) is 100.0 cm³/mol. The number of aldehydes is 1. The van der Waals surface area contributed by atoms with Gasteiger partial charge in [-0.15, -0.1) is 0 Å². The lowest BCUT2D eigenvalue weighted by atomic mass is 10.2. The van der Waals surface area contributed by atoms with Crippen molar-refractivity contribution >= 4 is 17.9 Å². The lowest BCUT2D eigenvalue weighted by Gasteiger charge is -2.15. The Balaban J connectivity index is 2.04. The van der Waals surface area contributed by atoms with Gasteiger partial charge in [-0.1, -0.05) is 6.07 Å². The summed E-state index contributed by atoms with van der Waals surface area (Å²) in [7, 11) is 3.04. The first kappa shape index (κ1) is 20.7. The van der Waals surface area contributed by atoms with Gasteiger partial charge in [-0.3, -0.25) is 19.7 Å². The Morgan fingerprint density at radius 1 is 1.14 bits per heavy atom. The molecular formula is C19H20N2O7. The van der Waals surface area contributed by atoms with E-state index in [2.05, 4.69) is 5.32 Å². The largest absolute Gasteiger partial charge is 0.493 e. The standard InChI is InChI=1S/C19H20N2O7/c1-12(28-16-6-5-14(11-22)8-15(16)21(24)25)19(23)20-10-13-4-7-17(26-2)18(9-13)27-3/h4-9,11-12H,10H2,1-3H3,(H,20,23)/t12-/m0/s1. The fraction of sp³-hybridized carbons (Fsp3) is 0.263. The van der Waals surface area contributed by atoms with Crippen LogP contribution in [-0.4, -0.2) is 37.4 Å². The van der Waals surface area contributed by atoms with E-state index in [0.717, 1.165) is 11.6 Å². The Labute approximate surface area is 161 Å². The van der Waals surface area contributed by atoms with Gasteiger partial charge >= 0.3 is 5.69 Å². The van der Waals surface area contributed by atoms with Crippen molar-refractivity contribution in [2.75, 3.05) is 14.2 Å². The van der Waals surface area contributed by atoms with E-state index in [4.69, 9.17) is 14.2 Å². The number of hydrogen-bond donors (Lipinski definition) is 1. The molecule has 148 valence electrons. The number of carbonyl (C=O) groups excluding carboxylic acids is 2. The maximum absolute atomic E-state index is 12.3. The van der Waals surface area contributed by atoms with Crippen LogP contribution in [0.2, 0.25) is 0 Å². The van der Waals surface area contributed by atoms with Crippen LogP contribution in [0.25, 0.3) is 0 Å². The number of benzene rings is 2. The molecule has 2 aromatic rings. The molecule has 0 aliphatic rings. The van der Waals surface area contributed by atoms with Gasteiger partial charge in [0, 0.05) is 18.2 Å². The maximum Gasteiger partial charge on any atom is 0.311 e. The van der Waals surface area contributed by atoms with E-state index in [1.807, 2.05) is 0 Å². The Kier molecular flexibility index (Phi) is 6.91. The zero-order valence-corrected chi connectivity index (χ0v) is 15.6. The minimum Gasteiger partial charge on any atom is -0.493 e. The third kappa shape index (κ3) is 4.97. The molecule has 1 N–H and O–H groups in total. The molecule has 9 heteroatoms. The Bertz CT molecular complexity index is 883. The minimum atomic E-state index is -0.985. The molecule has 28 heavy (non-hydrogen) atoms. The summed E-state index contributed by atoms with van der Waals surface area (Å²) in [4.78, 5) is 33.6. The molecule has 2 rings (SSSR count). The summed E-state index contributed by atoms with van der Waals surface area (Å²) in [6, 6.07) is 8.99. The summed E-state index contributed by atoms with van der Waals surface area (Å²) >= 11 is 0. The number of nitrogens with one attached hydrogen (secondary N) is 1. The van der Waals surface area contributed by atoms with Crippen molar-refractivity contribution in [1.29, 1.82) is 0 Å². The molecule has 2 aromatic carbocycles. The van der Waals surface area contributed by atoms with E-state index in [0.29, 0.717) is 17.8 Å². The second-order valence-electron chi connectivity index (χ2n) is 5.77. The molecule has 0 bridgehead atoms. The monoisotopic (exact) mass is 388 g/mol. The van der Waals surface area contributed by atoms with Gasteiger partial charge in [-0.2, -0.15) is 0 Å². The molecule has 9 nitrogen and oxygen atoms in total. The van der Waals surface area contributed by atoms with Crippen molar-refractivity contribution in [2.24, 2.45) is 0 Å². The van der Waals surface area contributed by atoms with Gasteiger partial charge in [0.1, 0.15) is 6.29 Å². The van der Waals surface area contributed by atoms with Crippen LogP contribution >= 0.6 is 0 Å². The lowest BCUT2D eigenvalue weighted by molar-refractivity contribution is -0.386. The second kappa shape index (κ2) is 9.36. The molecule has 0 heterocycles. The number of carbonyl (C=O) groups is 2. The highest BCUT2D eigenvalue weighted by atomic mass is 16.6. The molecule has 1 atom stereocenters. The Morgan fingerprint density at radius 3 is 2.43 bits per heavy atom. The van der Waals surface area contributed by atoms with Crippen LogP contribution in [0, 0.1) is 10.1 Å². The van der Waals surface area contributed by atoms with Crippen molar-refractivity contribution in [3.8, 4) is 17.2 Å². The number of ether oxygens (including phenoxy) is 3. The van der Waals surface area contributed by atoms with Crippen molar-refractivity contribution in [1.82, 2.24) is 5.32 Å². The third-order valence-corrected chi connectivity index (χ3v) is 3.90. The van der Waals surface area contributed by atoms with Gasteiger partial charge in [0.25, 0.3) is 5.91 Å². The average molecular weight is 388 g/mol. The summed E-state index contributed by atoms with van der Waals surface area (Å²) in [5.41, 5.74) is 0.535. The topological polar surface area (TPSA) is 117 Å². The SMILES string of the molecule is COc1ccc(CNC(=O)[C@H](C)Oc2ccc(C=O)cc2[N+](=O)[O-])cc1OC. The van der Waals surface area contributed by atoms with Gasteiger partial charge in [0.05, 0.1) is 19.1 Å². The van der Waals surface area contributed by atoms with E-state index in [9.17, 15) is 19.7 Å². The minimum absolute atomic E-state index is 0.0932. The van der Waals surface area contributed by atoms with Gasteiger partial charge in [0.2, 0.25) is 0 Å². The van der Waals surface area contributed by atoms with Crippen LogP contribution in [0.5, 0.6) is 17.2 Å². The van der Waals surface area contributed by atoms with Crippen LogP contribution in [0.4, 0.5) is 5.69 Å². The Hall–Kier alpha value is -3.62. The fourth-order valence-electron chi connectivity index (χ4n) is 2.42. The number of rotatable bonds is 9. The summed E-state index contributed by atoms with van der Waals surface area (Å²) < 4.78 is 15.8. The smallest absolute Gasteiger partial charge is 0.311 e. The lowest BCUT2D eigenvalue weighted by Crippen LogP contribution is -2.36. The molecule has 0 aromatic heterocycles. The first-order valence-corrected chi connectivity index (χ1v) is 8.28. The van der Waals surface area contributed by atoms with E-state index < -0.39 is 16.9 Å². The van der Waals surface area contributed by atoms with Crippen molar-refractivity contribution in [3.05, 3.63) is 57.6 Å². The predicted octanol–water partition coefficient (Wildman–Crippen LogP) is 2.51. The molecule has 0 saturated carbocycles. The van der Waals surface area contributed by atoms with Gasteiger partial charge in [0.15, 0.2) is 23.4 Å². The number of nitrogens with zero attached hydrogens (tertiary/aromatic N) is 1. The van der Waals surface area contributed by atoms with E-state index >= 15 is 0 Å². The molecule has 0 unspecified atom stereocenters. The molecule has 0 fully saturated rings. The Morgan fingerprint density at radius 2 is 1.82 bits per heavy atom. The van der Waals surface area contributed by atoms with Crippen LogP contribution in [-0.2, 0) is 11.3 Å². The summed E-state index contributed by atoms with van der Waals surface area (Å²) in [5, 5.41) is 13.8. The van der Waals surface area contributed by atoms with E-state index in [1.54, 1.807) is 18.2 Å². The molecular weight excluding hydrogens is 368 g/mol. The van der Waals surface area contributed by atoms with Crippen LogP contribution in [0.1, 0.15) is 22.8 Å². The number of hydrogen-bond acceptors (Lipinski definition) is 7. The highest BCUT2D eigenvalue weighted by Crippen LogP contribution is 2.29. The van der Waals surface area contributed by atoms with Crippen LogP contribution < -0.4 is 19.5 Å². The molecule has 0 saturated heterocycles. The molecule has 0 aliphatic carbocycles. The normalized spacial score (nSPS) is 11.2. The molecule has 1 amide bonds. The number of nitro benzene ring substituents is 1. The van der Waals surface area contributed by atoms with Crippen molar-refractivity contribution in [2.45, 2.75) is 19.6 Å². The highest BCUT2D eigenvalue weighted by Gasteiger charge is 2.21. The van der Waals surface area contributed by atoms with Crippen LogP contribution in [0.3, 0.4) is 0 Å². The van der Waals surface area contributed by atoms with Crippen LogP contribution in [0.15, 0.2) is 36.4 Å². The number of nitro groups is 1. The molecule has 0 aliphatic heterocycles. The summed E-state index contributed by atoms with van der Waals surface area (Å²) in [5.74, 6) is 0.553. The maximum atomic E-state index is 12.3. The van der Waals surface area contributed by atoms with E-state index in [1.165, 1.54) is 33.3 Å². The third-order valence-electron chi connectivity index (χ3n) is 3.90. The zero-order chi connectivity index (χ0) is 20.7. The van der Waals surface area contributed by atoms with Gasteiger partial charge in [-0.05, 0) is 36.8 Å². The average Bonchev–Trinajstić information content (AvgIpc) is 2.71. The summed E-state index contributed by atoms with van der Waals surface area (Å²) in [6.45, 7) is 1.68. The zero-order valence-electron chi connectivity index (χ0n) is 15.6. The van der Waals surface area contributed by atoms with E-state index in [-0.39, 0.29) is 23.5 Å². The molecule has 0 spiro atoms. The summed E-state index contributed by atoms with van der Waals surface area (Å²) in [6.07, 6.45) is -0.489. The quantitative estimate of drug-likeness (QED) is 0.398. The van der Waals surface area contributed by atoms with Gasteiger partial charge in [-0.25, -0.2) is 0 Å².